The molecular formula is C21H44N2O2. The average Bonchev–Trinajstić information content (AvgIpc) is 2.58. The molecule has 0 fully saturated rings. The third kappa shape index (κ3) is 21.2. The number of hydrogen-bond donors (Lipinski definition) is 1. The van der Waals surface area contributed by atoms with Crippen molar-refractivity contribution < 1.29 is 9.53 Å². The molecule has 0 aliphatic rings. The van der Waals surface area contributed by atoms with Gasteiger partial charge in [0.05, 0.1) is 6.61 Å². The van der Waals surface area contributed by atoms with Crippen LogP contribution in [0.4, 0.5) is 4.79 Å². The summed E-state index contributed by atoms with van der Waals surface area (Å²) in [4.78, 5) is 13.7. The normalized spacial score (nSPS) is 11.0. The second-order valence-electron chi connectivity index (χ2n) is 7.46. The molecule has 0 aromatic carbocycles. The monoisotopic (exact) mass is 356 g/mol. The van der Waals surface area contributed by atoms with Gasteiger partial charge in [0.2, 0.25) is 0 Å². The minimum Gasteiger partial charge on any atom is -0.450 e. The Morgan fingerprint density at radius 3 is 1.88 bits per heavy atom. The zero-order chi connectivity index (χ0) is 18.6. The Bertz CT molecular complexity index is 283. The fraction of sp³-hybridized carbons (Fsp3) is 0.952. The molecule has 0 unspecified atom stereocenters. The number of carbonyl (C=O) groups is 1. The number of ether oxygens (including phenoxy) is 1. The minimum absolute atomic E-state index is 0.246. The molecule has 1 amide bonds. The van der Waals surface area contributed by atoms with E-state index in [0.29, 0.717) is 6.61 Å². The largest absolute Gasteiger partial charge is 0.450 e. The van der Waals surface area contributed by atoms with E-state index in [9.17, 15) is 4.79 Å². The molecule has 0 aliphatic heterocycles. The average molecular weight is 357 g/mol. The molecule has 0 saturated heterocycles. The van der Waals surface area contributed by atoms with Crippen LogP contribution in [0.15, 0.2) is 0 Å². The molecule has 0 radical (unpaired) electrons. The van der Waals surface area contributed by atoms with Gasteiger partial charge in [-0.1, -0.05) is 77.6 Å². The summed E-state index contributed by atoms with van der Waals surface area (Å²) in [5, 5.41) is 2.86. The van der Waals surface area contributed by atoms with E-state index in [1.807, 2.05) is 0 Å². The summed E-state index contributed by atoms with van der Waals surface area (Å²) in [5.74, 6) is 0. The number of hydrogen-bond acceptors (Lipinski definition) is 3. The lowest BCUT2D eigenvalue weighted by Crippen LogP contribution is -2.25. The zero-order valence-electron chi connectivity index (χ0n) is 17.3. The highest BCUT2D eigenvalue weighted by Gasteiger charge is 2.01. The van der Waals surface area contributed by atoms with Gasteiger partial charge in [-0.3, -0.25) is 0 Å². The molecule has 0 rings (SSSR count). The van der Waals surface area contributed by atoms with Crippen LogP contribution in [0, 0.1) is 0 Å². The SMILES string of the molecule is CCCCCCCCCCCCNC(=O)OCCCCCCN(C)C. The van der Waals surface area contributed by atoms with E-state index in [-0.39, 0.29) is 6.09 Å². The van der Waals surface area contributed by atoms with E-state index in [1.54, 1.807) is 0 Å². The molecule has 25 heavy (non-hydrogen) atoms. The highest BCUT2D eigenvalue weighted by Crippen LogP contribution is 2.10. The van der Waals surface area contributed by atoms with Gasteiger partial charge in [0.25, 0.3) is 0 Å². The molecule has 4 nitrogen and oxygen atoms in total. The highest BCUT2D eigenvalue weighted by molar-refractivity contribution is 5.66. The van der Waals surface area contributed by atoms with Crippen LogP contribution < -0.4 is 5.32 Å². The molecule has 150 valence electrons. The molecule has 0 bridgehead atoms. The Kier molecular flexibility index (Phi) is 19.0. The van der Waals surface area contributed by atoms with Gasteiger partial charge < -0.3 is 15.0 Å². The maximum Gasteiger partial charge on any atom is 0.407 e. The number of nitrogens with zero attached hydrogens (tertiary/aromatic N) is 1. The lowest BCUT2D eigenvalue weighted by atomic mass is 10.1. The van der Waals surface area contributed by atoms with Crippen LogP contribution in [0.2, 0.25) is 0 Å². The van der Waals surface area contributed by atoms with Gasteiger partial charge in [0.15, 0.2) is 0 Å². The van der Waals surface area contributed by atoms with Crippen molar-refractivity contribution >= 4 is 6.09 Å². The fourth-order valence-electron chi connectivity index (χ4n) is 2.90. The lowest BCUT2D eigenvalue weighted by Gasteiger charge is -2.09. The Morgan fingerprint density at radius 1 is 0.760 bits per heavy atom. The third-order valence-corrected chi connectivity index (χ3v) is 4.53. The van der Waals surface area contributed by atoms with E-state index in [0.717, 1.165) is 32.4 Å². The summed E-state index contributed by atoms with van der Waals surface area (Å²) in [6, 6.07) is 0. The Morgan fingerprint density at radius 2 is 1.28 bits per heavy atom. The Hall–Kier alpha value is -0.770. The fourth-order valence-corrected chi connectivity index (χ4v) is 2.90. The Balaban J connectivity index is 3.15. The van der Waals surface area contributed by atoms with Crippen LogP contribution in [-0.2, 0) is 4.74 Å². The molecule has 4 heteroatoms. The molecule has 0 heterocycles. The third-order valence-electron chi connectivity index (χ3n) is 4.53. The van der Waals surface area contributed by atoms with Gasteiger partial charge in [0.1, 0.15) is 0 Å². The van der Waals surface area contributed by atoms with Gasteiger partial charge in [0, 0.05) is 6.54 Å². The molecular weight excluding hydrogens is 312 g/mol. The first-order chi connectivity index (χ1) is 12.2. The Labute approximate surface area is 157 Å². The van der Waals surface area contributed by atoms with Gasteiger partial charge in [-0.05, 0) is 39.9 Å². The summed E-state index contributed by atoms with van der Waals surface area (Å²) in [6.07, 6.45) is 17.5. The molecule has 0 spiro atoms. The maximum atomic E-state index is 11.5. The van der Waals surface area contributed by atoms with E-state index in [2.05, 4.69) is 31.2 Å². The van der Waals surface area contributed by atoms with Crippen LogP contribution in [0.3, 0.4) is 0 Å². The van der Waals surface area contributed by atoms with E-state index < -0.39 is 0 Å². The summed E-state index contributed by atoms with van der Waals surface area (Å²) < 4.78 is 5.20. The number of amides is 1. The molecule has 1 N–H and O–H groups in total. The van der Waals surface area contributed by atoms with E-state index in [4.69, 9.17) is 4.74 Å². The predicted molar refractivity (Wildman–Crippen MR) is 108 cm³/mol. The van der Waals surface area contributed by atoms with Gasteiger partial charge in [-0.15, -0.1) is 0 Å². The maximum absolute atomic E-state index is 11.5. The quantitative estimate of drug-likeness (QED) is 0.318. The lowest BCUT2D eigenvalue weighted by molar-refractivity contribution is 0.143. The van der Waals surface area contributed by atoms with Crippen molar-refractivity contribution in [3.63, 3.8) is 0 Å². The number of rotatable bonds is 18. The van der Waals surface area contributed by atoms with Crippen molar-refractivity contribution in [3.05, 3.63) is 0 Å². The molecule has 0 aromatic rings. The van der Waals surface area contributed by atoms with Gasteiger partial charge >= 0.3 is 6.09 Å². The van der Waals surface area contributed by atoms with Crippen molar-refractivity contribution in [1.82, 2.24) is 10.2 Å². The smallest absolute Gasteiger partial charge is 0.407 e. The van der Waals surface area contributed by atoms with Gasteiger partial charge in [-0.2, -0.15) is 0 Å². The second-order valence-corrected chi connectivity index (χ2v) is 7.46. The van der Waals surface area contributed by atoms with Crippen molar-refractivity contribution in [2.45, 2.75) is 96.8 Å². The summed E-state index contributed by atoms with van der Waals surface area (Å²) in [7, 11) is 4.20. The number of unbranched alkanes of at least 4 members (excludes halogenated alkanes) is 12. The first-order valence-electron chi connectivity index (χ1n) is 10.7. The predicted octanol–water partition coefficient (Wildman–Crippen LogP) is 5.76. The molecule has 0 saturated carbocycles. The van der Waals surface area contributed by atoms with E-state index >= 15 is 0 Å². The minimum atomic E-state index is -0.246. The standard InChI is InChI=1S/C21H44N2O2/c1-4-5-6-7-8-9-10-11-12-15-18-22-21(24)25-20-17-14-13-16-19-23(2)3/h4-20H2,1-3H3,(H,22,24). The summed E-state index contributed by atoms with van der Waals surface area (Å²) in [5.41, 5.74) is 0. The first-order valence-corrected chi connectivity index (χ1v) is 10.7. The topological polar surface area (TPSA) is 41.6 Å². The van der Waals surface area contributed by atoms with Crippen LogP contribution in [-0.4, -0.2) is 44.8 Å². The highest BCUT2D eigenvalue weighted by atomic mass is 16.5. The molecule has 0 aromatic heterocycles. The van der Waals surface area contributed by atoms with Crippen molar-refractivity contribution in [3.8, 4) is 0 Å². The van der Waals surface area contributed by atoms with Crippen molar-refractivity contribution in [2.75, 3.05) is 33.8 Å². The molecule has 0 aliphatic carbocycles. The summed E-state index contributed by atoms with van der Waals surface area (Å²) in [6.45, 7) is 4.70. The van der Waals surface area contributed by atoms with Crippen LogP contribution >= 0.6 is 0 Å². The number of carbonyl (C=O) groups excluding carboxylic acids is 1. The number of alkyl carbamates (subject to hydrolysis) is 1. The van der Waals surface area contributed by atoms with Crippen molar-refractivity contribution in [1.29, 1.82) is 0 Å². The molecule has 0 atom stereocenters. The number of nitrogens with one attached hydrogen (secondary N) is 1. The van der Waals surface area contributed by atoms with Crippen LogP contribution in [0.1, 0.15) is 96.8 Å². The first kappa shape index (κ1) is 24.2. The summed E-state index contributed by atoms with van der Waals surface area (Å²) >= 11 is 0. The zero-order valence-corrected chi connectivity index (χ0v) is 17.3. The van der Waals surface area contributed by atoms with Crippen molar-refractivity contribution in [2.24, 2.45) is 0 Å². The second kappa shape index (κ2) is 19.6. The van der Waals surface area contributed by atoms with Crippen LogP contribution in [0.5, 0.6) is 0 Å². The van der Waals surface area contributed by atoms with E-state index in [1.165, 1.54) is 70.6 Å². The van der Waals surface area contributed by atoms with Gasteiger partial charge in [-0.25, -0.2) is 4.79 Å². The van der Waals surface area contributed by atoms with Crippen LogP contribution in [0.25, 0.3) is 0 Å².